The van der Waals surface area contributed by atoms with Crippen LogP contribution in [-0.2, 0) is 16.1 Å². The lowest BCUT2D eigenvalue weighted by Gasteiger charge is -2.04. The molecule has 1 amide bonds. The lowest BCUT2D eigenvalue weighted by Crippen LogP contribution is -2.25. The highest BCUT2D eigenvalue weighted by molar-refractivity contribution is 5.77. The molecule has 0 radical (unpaired) electrons. The van der Waals surface area contributed by atoms with E-state index in [-0.39, 0.29) is 5.91 Å². The maximum absolute atomic E-state index is 11.3. The van der Waals surface area contributed by atoms with Crippen molar-refractivity contribution in [2.75, 3.05) is 13.7 Å². The Labute approximate surface area is 89.1 Å². The lowest BCUT2D eigenvalue weighted by atomic mass is 10.1. The van der Waals surface area contributed by atoms with E-state index < -0.39 is 0 Å². The minimum atomic E-state index is -0.151. The third-order valence-electron chi connectivity index (χ3n) is 1.85. The highest BCUT2D eigenvalue weighted by atomic mass is 16.6. The quantitative estimate of drug-likeness (QED) is 0.744. The Hall–Kier alpha value is -1.55. The standard InChI is InChI=1S/C11H15NO3/c1-3-15-12-11(13)8-9-4-6-10(14-2)7-5-9/h4-7H,3,8H2,1-2H3,(H,12,13). The predicted molar refractivity (Wildman–Crippen MR) is 56.5 cm³/mol. The van der Waals surface area contributed by atoms with Gasteiger partial charge in [-0.3, -0.25) is 9.63 Å². The number of benzene rings is 1. The van der Waals surface area contributed by atoms with Crippen LogP contribution in [0.15, 0.2) is 24.3 Å². The van der Waals surface area contributed by atoms with Crippen molar-refractivity contribution in [2.45, 2.75) is 13.3 Å². The minimum absolute atomic E-state index is 0.151. The number of carbonyl (C=O) groups excluding carboxylic acids is 1. The van der Waals surface area contributed by atoms with Crippen LogP contribution in [0.1, 0.15) is 12.5 Å². The molecule has 0 heterocycles. The van der Waals surface area contributed by atoms with E-state index in [9.17, 15) is 4.79 Å². The van der Waals surface area contributed by atoms with Gasteiger partial charge in [-0.15, -0.1) is 0 Å². The second-order valence-corrected chi connectivity index (χ2v) is 2.98. The first-order valence-electron chi connectivity index (χ1n) is 4.79. The number of amides is 1. The Morgan fingerprint density at radius 2 is 2.00 bits per heavy atom. The average Bonchev–Trinajstić information content (AvgIpc) is 2.27. The average molecular weight is 209 g/mol. The van der Waals surface area contributed by atoms with E-state index in [0.29, 0.717) is 13.0 Å². The number of hydroxylamine groups is 1. The summed E-state index contributed by atoms with van der Waals surface area (Å²) in [4.78, 5) is 16.0. The van der Waals surface area contributed by atoms with Gasteiger partial charge in [0.05, 0.1) is 20.1 Å². The van der Waals surface area contributed by atoms with Gasteiger partial charge in [0, 0.05) is 0 Å². The third-order valence-corrected chi connectivity index (χ3v) is 1.85. The molecule has 4 heteroatoms. The zero-order valence-electron chi connectivity index (χ0n) is 8.95. The van der Waals surface area contributed by atoms with E-state index in [1.54, 1.807) is 7.11 Å². The summed E-state index contributed by atoms with van der Waals surface area (Å²) in [6.45, 7) is 2.28. The highest BCUT2D eigenvalue weighted by Gasteiger charge is 2.02. The van der Waals surface area contributed by atoms with Gasteiger partial charge in [-0.2, -0.15) is 0 Å². The van der Waals surface area contributed by atoms with E-state index in [0.717, 1.165) is 11.3 Å². The molecule has 0 fully saturated rings. The molecule has 4 nitrogen and oxygen atoms in total. The molecular formula is C11H15NO3. The van der Waals surface area contributed by atoms with Crippen LogP contribution in [0, 0.1) is 0 Å². The molecule has 1 aromatic rings. The molecule has 0 aliphatic carbocycles. The summed E-state index contributed by atoms with van der Waals surface area (Å²) >= 11 is 0. The Morgan fingerprint density at radius 3 is 2.53 bits per heavy atom. The first-order valence-corrected chi connectivity index (χ1v) is 4.79. The van der Waals surface area contributed by atoms with Crippen molar-refractivity contribution in [3.63, 3.8) is 0 Å². The van der Waals surface area contributed by atoms with Crippen LogP contribution in [0.3, 0.4) is 0 Å². The molecule has 15 heavy (non-hydrogen) atoms. The van der Waals surface area contributed by atoms with Crippen LogP contribution < -0.4 is 10.2 Å². The summed E-state index contributed by atoms with van der Waals surface area (Å²) in [5.74, 6) is 0.631. The molecule has 0 aromatic heterocycles. The summed E-state index contributed by atoms with van der Waals surface area (Å²) in [6, 6.07) is 7.35. The molecule has 0 saturated carbocycles. The van der Waals surface area contributed by atoms with E-state index in [1.165, 1.54) is 0 Å². The van der Waals surface area contributed by atoms with Gasteiger partial charge in [-0.1, -0.05) is 12.1 Å². The van der Waals surface area contributed by atoms with Crippen molar-refractivity contribution in [1.29, 1.82) is 0 Å². The molecule has 0 spiro atoms. The summed E-state index contributed by atoms with van der Waals surface area (Å²) in [5, 5.41) is 0. The number of ether oxygens (including phenoxy) is 1. The minimum Gasteiger partial charge on any atom is -0.497 e. The van der Waals surface area contributed by atoms with Crippen molar-refractivity contribution in [3.8, 4) is 5.75 Å². The van der Waals surface area contributed by atoms with Crippen LogP contribution >= 0.6 is 0 Å². The first kappa shape index (κ1) is 11.5. The van der Waals surface area contributed by atoms with Crippen LogP contribution in [0.5, 0.6) is 5.75 Å². The molecule has 0 aliphatic heterocycles. The van der Waals surface area contributed by atoms with Gasteiger partial charge >= 0.3 is 0 Å². The normalized spacial score (nSPS) is 9.73. The third kappa shape index (κ3) is 3.99. The van der Waals surface area contributed by atoms with E-state index in [1.807, 2.05) is 31.2 Å². The largest absolute Gasteiger partial charge is 0.497 e. The fraction of sp³-hybridized carbons (Fsp3) is 0.364. The monoisotopic (exact) mass is 209 g/mol. The van der Waals surface area contributed by atoms with Crippen molar-refractivity contribution >= 4 is 5.91 Å². The van der Waals surface area contributed by atoms with Gasteiger partial charge in [-0.25, -0.2) is 5.48 Å². The Balaban J connectivity index is 2.46. The molecule has 1 N–H and O–H groups in total. The highest BCUT2D eigenvalue weighted by Crippen LogP contribution is 2.11. The molecule has 0 unspecified atom stereocenters. The topological polar surface area (TPSA) is 47.6 Å². The lowest BCUT2D eigenvalue weighted by molar-refractivity contribution is -0.132. The number of carbonyl (C=O) groups is 1. The second kappa shape index (κ2) is 6.03. The number of methoxy groups -OCH3 is 1. The molecule has 1 rings (SSSR count). The van der Waals surface area contributed by atoms with Crippen LogP contribution in [-0.4, -0.2) is 19.6 Å². The van der Waals surface area contributed by atoms with Crippen molar-refractivity contribution < 1.29 is 14.4 Å². The molecule has 82 valence electrons. The van der Waals surface area contributed by atoms with Crippen LogP contribution in [0.2, 0.25) is 0 Å². The molecule has 0 saturated heterocycles. The van der Waals surface area contributed by atoms with Crippen molar-refractivity contribution in [3.05, 3.63) is 29.8 Å². The maximum Gasteiger partial charge on any atom is 0.247 e. The maximum atomic E-state index is 11.3. The van der Waals surface area contributed by atoms with Gasteiger partial charge < -0.3 is 4.74 Å². The SMILES string of the molecule is CCONC(=O)Cc1ccc(OC)cc1. The van der Waals surface area contributed by atoms with Gasteiger partial charge in [0.1, 0.15) is 5.75 Å². The molecule has 1 aromatic carbocycles. The van der Waals surface area contributed by atoms with Crippen molar-refractivity contribution in [1.82, 2.24) is 5.48 Å². The fourth-order valence-corrected chi connectivity index (χ4v) is 1.12. The van der Waals surface area contributed by atoms with E-state index in [4.69, 9.17) is 9.57 Å². The van der Waals surface area contributed by atoms with E-state index >= 15 is 0 Å². The first-order chi connectivity index (χ1) is 7.26. The van der Waals surface area contributed by atoms with Gasteiger partial charge in [-0.05, 0) is 24.6 Å². The molecule has 0 atom stereocenters. The van der Waals surface area contributed by atoms with Gasteiger partial charge in [0.15, 0.2) is 0 Å². The zero-order valence-corrected chi connectivity index (χ0v) is 8.95. The number of hydrogen-bond acceptors (Lipinski definition) is 3. The van der Waals surface area contributed by atoms with Crippen molar-refractivity contribution in [2.24, 2.45) is 0 Å². The Kier molecular flexibility index (Phi) is 4.63. The molecular weight excluding hydrogens is 194 g/mol. The van der Waals surface area contributed by atoms with Gasteiger partial charge in [0.25, 0.3) is 0 Å². The summed E-state index contributed by atoms with van der Waals surface area (Å²) in [6.07, 6.45) is 0.310. The Bertz CT molecular complexity index is 308. The molecule has 0 bridgehead atoms. The number of rotatable bonds is 5. The fourth-order valence-electron chi connectivity index (χ4n) is 1.12. The Morgan fingerprint density at radius 1 is 1.33 bits per heavy atom. The van der Waals surface area contributed by atoms with Crippen LogP contribution in [0.4, 0.5) is 0 Å². The smallest absolute Gasteiger partial charge is 0.247 e. The van der Waals surface area contributed by atoms with E-state index in [2.05, 4.69) is 5.48 Å². The van der Waals surface area contributed by atoms with Crippen LogP contribution in [0.25, 0.3) is 0 Å². The summed E-state index contributed by atoms with van der Waals surface area (Å²) < 4.78 is 5.01. The zero-order chi connectivity index (χ0) is 11.1. The predicted octanol–water partition coefficient (Wildman–Crippen LogP) is 1.31. The second-order valence-electron chi connectivity index (χ2n) is 2.98. The summed E-state index contributed by atoms with van der Waals surface area (Å²) in [5.41, 5.74) is 3.26. The number of nitrogens with one attached hydrogen (secondary N) is 1. The van der Waals surface area contributed by atoms with Gasteiger partial charge in [0.2, 0.25) is 5.91 Å². The molecule has 0 aliphatic rings. The number of hydrogen-bond donors (Lipinski definition) is 1. The summed E-state index contributed by atoms with van der Waals surface area (Å²) in [7, 11) is 1.61.